The van der Waals surface area contributed by atoms with Gasteiger partial charge in [0.25, 0.3) is 0 Å². The van der Waals surface area contributed by atoms with Gasteiger partial charge in [-0.05, 0) is 52.3 Å². The summed E-state index contributed by atoms with van der Waals surface area (Å²) in [5.41, 5.74) is 0.751. The number of halogens is 2. The number of hydrogen-bond acceptors (Lipinski definition) is 3. The van der Waals surface area contributed by atoms with Gasteiger partial charge in [0.2, 0.25) is 15.9 Å². The highest BCUT2D eigenvalue weighted by atomic mass is 79.9. The second kappa shape index (κ2) is 7.10. The van der Waals surface area contributed by atoms with Gasteiger partial charge in [-0.1, -0.05) is 12.1 Å². The van der Waals surface area contributed by atoms with Crippen molar-refractivity contribution in [2.24, 2.45) is 0 Å². The summed E-state index contributed by atoms with van der Waals surface area (Å²) < 4.78 is 38.4. The van der Waals surface area contributed by atoms with E-state index in [-0.39, 0.29) is 5.69 Å². The highest BCUT2D eigenvalue weighted by molar-refractivity contribution is 9.10. The molecule has 0 aliphatic heterocycles. The zero-order chi connectivity index (χ0) is 17.0. The Bertz CT molecular complexity index is 810. The number of anilines is 2. The first kappa shape index (κ1) is 17.4. The van der Waals surface area contributed by atoms with E-state index in [1.54, 1.807) is 24.3 Å². The predicted octanol–water partition coefficient (Wildman–Crippen LogP) is 2.99. The van der Waals surface area contributed by atoms with Crippen molar-refractivity contribution in [1.82, 2.24) is 0 Å². The minimum atomic E-state index is -3.69. The Labute approximate surface area is 142 Å². The van der Waals surface area contributed by atoms with Gasteiger partial charge in [-0.25, -0.2) is 12.8 Å². The van der Waals surface area contributed by atoms with Crippen LogP contribution in [-0.4, -0.2) is 27.1 Å². The van der Waals surface area contributed by atoms with Crippen LogP contribution in [0, 0.1) is 5.82 Å². The quantitative estimate of drug-likeness (QED) is 0.838. The van der Waals surface area contributed by atoms with Crippen LogP contribution in [0.1, 0.15) is 0 Å². The lowest BCUT2D eigenvalue weighted by Gasteiger charge is -2.22. The van der Waals surface area contributed by atoms with E-state index in [0.29, 0.717) is 10.2 Å². The molecule has 0 saturated heterocycles. The van der Waals surface area contributed by atoms with E-state index >= 15 is 0 Å². The van der Waals surface area contributed by atoms with Crippen LogP contribution in [0.25, 0.3) is 0 Å². The molecule has 0 heterocycles. The summed E-state index contributed by atoms with van der Waals surface area (Å²) in [7, 11) is -3.69. The molecule has 0 aliphatic carbocycles. The van der Waals surface area contributed by atoms with Gasteiger partial charge in [0, 0.05) is 4.47 Å². The van der Waals surface area contributed by atoms with Gasteiger partial charge in [0.15, 0.2) is 0 Å². The van der Waals surface area contributed by atoms with Crippen LogP contribution < -0.4 is 9.62 Å². The summed E-state index contributed by atoms with van der Waals surface area (Å²) in [5, 5.41) is 2.63. The van der Waals surface area contributed by atoms with Crippen molar-refractivity contribution in [3.63, 3.8) is 0 Å². The summed E-state index contributed by atoms with van der Waals surface area (Å²) in [6, 6.07) is 11.9. The van der Waals surface area contributed by atoms with Crippen LogP contribution in [0.5, 0.6) is 0 Å². The Morgan fingerprint density at radius 3 is 2.35 bits per heavy atom. The molecule has 1 amide bonds. The lowest BCUT2D eigenvalue weighted by Crippen LogP contribution is -2.37. The smallest absolute Gasteiger partial charge is 0.245 e. The topological polar surface area (TPSA) is 66.5 Å². The number of hydrogen-bond donors (Lipinski definition) is 1. The van der Waals surface area contributed by atoms with Crippen LogP contribution in [0.3, 0.4) is 0 Å². The van der Waals surface area contributed by atoms with Gasteiger partial charge < -0.3 is 5.32 Å². The van der Waals surface area contributed by atoms with E-state index in [9.17, 15) is 17.6 Å². The van der Waals surface area contributed by atoms with E-state index in [0.717, 1.165) is 22.7 Å². The molecule has 0 aliphatic rings. The van der Waals surface area contributed by atoms with E-state index in [4.69, 9.17) is 0 Å². The number of benzene rings is 2. The Kier molecular flexibility index (Phi) is 5.38. The molecule has 0 bridgehead atoms. The number of para-hydroxylation sites is 1. The molecule has 8 heteroatoms. The van der Waals surface area contributed by atoms with Gasteiger partial charge in [-0.15, -0.1) is 0 Å². The number of amides is 1. The molecule has 0 aromatic heterocycles. The molecule has 2 aromatic carbocycles. The van der Waals surface area contributed by atoms with E-state index in [1.165, 1.54) is 12.1 Å². The second-order valence-electron chi connectivity index (χ2n) is 4.77. The minimum absolute atomic E-state index is 0.219. The van der Waals surface area contributed by atoms with E-state index < -0.39 is 28.3 Å². The molecule has 0 saturated carbocycles. The zero-order valence-corrected chi connectivity index (χ0v) is 14.6. The normalized spacial score (nSPS) is 11.1. The third kappa shape index (κ3) is 4.77. The fourth-order valence-corrected chi connectivity index (χ4v) is 3.13. The van der Waals surface area contributed by atoms with Crippen molar-refractivity contribution in [2.75, 3.05) is 22.4 Å². The standard InChI is InChI=1S/C15H14BrFN2O3S/c1-23(21,22)19(12-8-6-11(17)7-9-12)10-15(20)18-14-5-3-2-4-13(14)16/h2-9H,10H2,1H3,(H,18,20). The maximum Gasteiger partial charge on any atom is 0.245 e. The van der Waals surface area contributed by atoms with E-state index in [1.807, 2.05) is 0 Å². The summed E-state index contributed by atoms with van der Waals surface area (Å²) in [6.07, 6.45) is 0.988. The Morgan fingerprint density at radius 2 is 1.78 bits per heavy atom. The maximum atomic E-state index is 13.0. The van der Waals surface area contributed by atoms with Crippen molar-refractivity contribution < 1.29 is 17.6 Å². The monoisotopic (exact) mass is 400 g/mol. The molecule has 5 nitrogen and oxygen atoms in total. The zero-order valence-electron chi connectivity index (χ0n) is 12.2. The second-order valence-corrected chi connectivity index (χ2v) is 7.54. The fraction of sp³-hybridized carbons (Fsp3) is 0.133. The number of rotatable bonds is 5. The van der Waals surface area contributed by atoms with Crippen molar-refractivity contribution in [1.29, 1.82) is 0 Å². The van der Waals surface area contributed by atoms with Crippen LogP contribution in [0.15, 0.2) is 53.0 Å². The van der Waals surface area contributed by atoms with Crippen molar-refractivity contribution in [3.8, 4) is 0 Å². The lowest BCUT2D eigenvalue weighted by atomic mass is 10.3. The number of nitrogens with one attached hydrogen (secondary N) is 1. The van der Waals surface area contributed by atoms with Crippen LogP contribution in [-0.2, 0) is 14.8 Å². The van der Waals surface area contributed by atoms with Gasteiger partial charge in [0.1, 0.15) is 12.4 Å². The molecule has 2 rings (SSSR count). The summed E-state index contributed by atoms with van der Waals surface area (Å²) in [4.78, 5) is 12.1. The first-order chi connectivity index (χ1) is 10.8. The molecule has 2 aromatic rings. The van der Waals surface area contributed by atoms with Gasteiger partial charge in [-0.3, -0.25) is 9.10 Å². The molecule has 0 unspecified atom stereocenters. The Balaban J connectivity index is 2.20. The van der Waals surface area contributed by atoms with E-state index in [2.05, 4.69) is 21.2 Å². The molecule has 0 radical (unpaired) electrons. The first-order valence-corrected chi connectivity index (χ1v) is 9.19. The molecular weight excluding hydrogens is 387 g/mol. The molecular formula is C15H14BrFN2O3S. The predicted molar refractivity (Wildman–Crippen MR) is 91.4 cm³/mol. The van der Waals surface area contributed by atoms with Crippen molar-refractivity contribution in [3.05, 3.63) is 58.8 Å². The molecule has 0 atom stereocenters. The highest BCUT2D eigenvalue weighted by Gasteiger charge is 2.21. The van der Waals surface area contributed by atoms with Gasteiger partial charge in [0.05, 0.1) is 17.6 Å². The summed E-state index contributed by atoms with van der Waals surface area (Å²) in [5.74, 6) is -0.994. The summed E-state index contributed by atoms with van der Waals surface area (Å²) >= 11 is 3.30. The molecule has 0 fully saturated rings. The average molecular weight is 401 g/mol. The molecule has 23 heavy (non-hydrogen) atoms. The fourth-order valence-electron chi connectivity index (χ4n) is 1.89. The first-order valence-electron chi connectivity index (χ1n) is 6.55. The molecule has 1 N–H and O–H groups in total. The highest BCUT2D eigenvalue weighted by Crippen LogP contribution is 2.22. The number of carbonyl (C=O) groups excluding carboxylic acids is 1. The SMILES string of the molecule is CS(=O)(=O)N(CC(=O)Nc1ccccc1Br)c1ccc(F)cc1. The van der Waals surface area contributed by atoms with Gasteiger partial charge >= 0.3 is 0 Å². The minimum Gasteiger partial charge on any atom is -0.323 e. The van der Waals surface area contributed by atoms with Crippen molar-refractivity contribution >= 4 is 43.2 Å². The molecule has 122 valence electrons. The van der Waals surface area contributed by atoms with Crippen molar-refractivity contribution in [2.45, 2.75) is 0 Å². The maximum absolute atomic E-state index is 13.0. The van der Waals surface area contributed by atoms with Crippen LogP contribution in [0.4, 0.5) is 15.8 Å². The van der Waals surface area contributed by atoms with Crippen LogP contribution in [0.2, 0.25) is 0 Å². The third-order valence-electron chi connectivity index (χ3n) is 2.95. The number of sulfonamides is 1. The Hall–Kier alpha value is -1.93. The lowest BCUT2D eigenvalue weighted by molar-refractivity contribution is -0.114. The van der Waals surface area contributed by atoms with Crippen LogP contribution >= 0.6 is 15.9 Å². The average Bonchev–Trinajstić information content (AvgIpc) is 2.47. The largest absolute Gasteiger partial charge is 0.323 e. The van der Waals surface area contributed by atoms with Gasteiger partial charge in [-0.2, -0.15) is 0 Å². The molecule has 0 spiro atoms. The summed E-state index contributed by atoms with van der Waals surface area (Å²) in [6.45, 7) is -0.411. The number of carbonyl (C=O) groups is 1. The Morgan fingerprint density at radius 1 is 1.17 bits per heavy atom. The number of nitrogens with zero attached hydrogens (tertiary/aromatic N) is 1. The third-order valence-corrected chi connectivity index (χ3v) is 4.78.